The van der Waals surface area contributed by atoms with Crippen LogP contribution in [0.5, 0.6) is 0 Å². The van der Waals surface area contributed by atoms with Crippen molar-refractivity contribution in [2.45, 2.75) is 38.6 Å². The minimum Gasteiger partial charge on any atom is -0.481 e. The van der Waals surface area contributed by atoms with E-state index in [1.54, 1.807) is 0 Å². The van der Waals surface area contributed by atoms with E-state index in [2.05, 4.69) is 11.8 Å². The fourth-order valence-electron chi connectivity index (χ4n) is 2.48. The topological polar surface area (TPSA) is 40.5 Å². The molecule has 3 heteroatoms. The van der Waals surface area contributed by atoms with Crippen LogP contribution in [0.3, 0.4) is 0 Å². The zero-order valence-corrected chi connectivity index (χ0v) is 8.78. The summed E-state index contributed by atoms with van der Waals surface area (Å²) in [6, 6.07) is 0.666. The largest absolute Gasteiger partial charge is 0.481 e. The normalized spacial score (nSPS) is 38.2. The number of hydrogen-bond donors (Lipinski definition) is 1. The Kier molecular flexibility index (Phi) is 2.77. The van der Waals surface area contributed by atoms with E-state index in [-0.39, 0.29) is 5.92 Å². The molecule has 0 aromatic heterocycles. The van der Waals surface area contributed by atoms with Crippen molar-refractivity contribution in [3.8, 4) is 0 Å². The summed E-state index contributed by atoms with van der Waals surface area (Å²) in [5, 5.41) is 8.80. The van der Waals surface area contributed by atoms with Gasteiger partial charge >= 0.3 is 5.97 Å². The molecule has 1 aliphatic heterocycles. The van der Waals surface area contributed by atoms with E-state index in [4.69, 9.17) is 5.11 Å². The van der Waals surface area contributed by atoms with Crippen molar-refractivity contribution in [1.29, 1.82) is 0 Å². The Morgan fingerprint density at radius 1 is 1.50 bits per heavy atom. The number of likely N-dealkylation sites (tertiary alicyclic amines) is 1. The Labute approximate surface area is 85.1 Å². The van der Waals surface area contributed by atoms with Gasteiger partial charge in [-0.25, -0.2) is 0 Å². The third-order valence-electron chi connectivity index (χ3n) is 3.65. The molecule has 1 saturated carbocycles. The Morgan fingerprint density at radius 3 is 2.86 bits per heavy atom. The van der Waals surface area contributed by atoms with Gasteiger partial charge in [0, 0.05) is 12.6 Å². The highest BCUT2D eigenvalue weighted by Gasteiger charge is 2.44. The van der Waals surface area contributed by atoms with Crippen LogP contribution in [0.1, 0.15) is 32.6 Å². The van der Waals surface area contributed by atoms with Gasteiger partial charge in [0.25, 0.3) is 0 Å². The maximum atomic E-state index is 10.7. The zero-order valence-electron chi connectivity index (χ0n) is 8.78. The zero-order chi connectivity index (χ0) is 10.1. The predicted molar refractivity (Wildman–Crippen MR) is 54.1 cm³/mol. The van der Waals surface area contributed by atoms with E-state index in [1.807, 2.05) is 0 Å². The highest BCUT2D eigenvalue weighted by Crippen LogP contribution is 2.40. The first-order chi connectivity index (χ1) is 6.68. The van der Waals surface area contributed by atoms with Gasteiger partial charge in [-0.1, -0.05) is 6.42 Å². The highest BCUT2D eigenvalue weighted by atomic mass is 16.4. The number of piperidine rings is 1. The number of carboxylic acid groups (broad SMARTS) is 1. The number of rotatable bonds is 3. The minimum atomic E-state index is -0.598. The highest BCUT2D eigenvalue weighted by molar-refractivity contribution is 5.73. The number of aliphatic carboxylic acids is 1. The van der Waals surface area contributed by atoms with E-state index in [9.17, 15) is 4.79 Å². The summed E-state index contributed by atoms with van der Waals surface area (Å²) in [4.78, 5) is 13.1. The summed E-state index contributed by atoms with van der Waals surface area (Å²) in [7, 11) is 0. The van der Waals surface area contributed by atoms with Gasteiger partial charge in [-0.2, -0.15) is 0 Å². The smallest absolute Gasteiger partial charge is 0.306 e. The van der Waals surface area contributed by atoms with E-state index >= 15 is 0 Å². The quantitative estimate of drug-likeness (QED) is 0.746. The molecule has 0 spiro atoms. The van der Waals surface area contributed by atoms with Crippen molar-refractivity contribution in [2.24, 2.45) is 11.8 Å². The molecule has 3 nitrogen and oxygen atoms in total. The third kappa shape index (κ3) is 2.08. The van der Waals surface area contributed by atoms with Crippen LogP contribution in [0.15, 0.2) is 0 Å². The van der Waals surface area contributed by atoms with Gasteiger partial charge < -0.3 is 10.0 Å². The van der Waals surface area contributed by atoms with Crippen molar-refractivity contribution < 1.29 is 9.90 Å². The lowest BCUT2D eigenvalue weighted by molar-refractivity contribution is -0.138. The lowest BCUT2D eigenvalue weighted by Gasteiger charge is -2.33. The molecule has 0 radical (unpaired) electrons. The lowest BCUT2D eigenvalue weighted by Crippen LogP contribution is -2.39. The second-order valence-corrected chi connectivity index (χ2v) is 4.78. The van der Waals surface area contributed by atoms with Crippen LogP contribution in [-0.2, 0) is 4.79 Å². The lowest BCUT2D eigenvalue weighted by atomic mass is 10.0. The van der Waals surface area contributed by atoms with Crippen molar-refractivity contribution in [2.75, 3.05) is 13.1 Å². The fraction of sp³-hybridized carbons (Fsp3) is 0.909. The molecular formula is C11H19NO2. The molecule has 14 heavy (non-hydrogen) atoms. The van der Waals surface area contributed by atoms with Crippen molar-refractivity contribution in [3.05, 3.63) is 0 Å². The molecule has 80 valence electrons. The monoisotopic (exact) mass is 197 g/mol. The number of carboxylic acids is 1. The van der Waals surface area contributed by atoms with Gasteiger partial charge in [-0.15, -0.1) is 0 Å². The SMILES string of the molecule is CC1CCCCN1CC1CC1C(=O)O. The molecule has 0 aromatic carbocycles. The van der Waals surface area contributed by atoms with Gasteiger partial charge in [0.15, 0.2) is 0 Å². The summed E-state index contributed by atoms with van der Waals surface area (Å²) >= 11 is 0. The molecule has 0 bridgehead atoms. The second kappa shape index (κ2) is 3.89. The molecule has 1 heterocycles. The molecular weight excluding hydrogens is 178 g/mol. The molecule has 0 aromatic rings. The average Bonchev–Trinajstić information content (AvgIpc) is 2.88. The first-order valence-corrected chi connectivity index (χ1v) is 5.65. The Balaban J connectivity index is 1.78. The maximum absolute atomic E-state index is 10.7. The Bertz CT molecular complexity index is 229. The van der Waals surface area contributed by atoms with Crippen LogP contribution in [0.25, 0.3) is 0 Å². The standard InChI is InChI=1S/C11H19NO2/c1-8-4-2-3-5-12(8)7-9-6-10(9)11(13)14/h8-10H,2-7H2,1H3,(H,13,14). The van der Waals surface area contributed by atoms with Crippen molar-refractivity contribution in [3.63, 3.8) is 0 Å². The van der Waals surface area contributed by atoms with Gasteiger partial charge in [0.05, 0.1) is 5.92 Å². The van der Waals surface area contributed by atoms with Crippen molar-refractivity contribution in [1.82, 2.24) is 4.90 Å². The summed E-state index contributed by atoms with van der Waals surface area (Å²) in [6.45, 7) is 4.44. The molecule has 2 aliphatic rings. The van der Waals surface area contributed by atoms with E-state index in [0.29, 0.717) is 12.0 Å². The van der Waals surface area contributed by atoms with E-state index < -0.39 is 5.97 Å². The van der Waals surface area contributed by atoms with Crippen LogP contribution < -0.4 is 0 Å². The van der Waals surface area contributed by atoms with E-state index in [1.165, 1.54) is 25.8 Å². The molecule has 3 atom stereocenters. The molecule has 2 fully saturated rings. The van der Waals surface area contributed by atoms with Crippen LogP contribution in [0.2, 0.25) is 0 Å². The van der Waals surface area contributed by atoms with Gasteiger partial charge in [-0.05, 0) is 38.6 Å². The summed E-state index contributed by atoms with van der Waals surface area (Å²) in [5.74, 6) is -0.197. The van der Waals surface area contributed by atoms with E-state index in [0.717, 1.165) is 13.0 Å². The van der Waals surface area contributed by atoms with Crippen LogP contribution in [0.4, 0.5) is 0 Å². The summed E-state index contributed by atoms with van der Waals surface area (Å²) in [5.41, 5.74) is 0. The molecule has 0 amide bonds. The molecule has 1 saturated heterocycles. The van der Waals surface area contributed by atoms with Crippen molar-refractivity contribution >= 4 is 5.97 Å². The second-order valence-electron chi connectivity index (χ2n) is 4.78. The van der Waals surface area contributed by atoms with Gasteiger partial charge in [-0.3, -0.25) is 4.79 Å². The van der Waals surface area contributed by atoms with Crippen LogP contribution in [-0.4, -0.2) is 35.1 Å². The fourth-order valence-corrected chi connectivity index (χ4v) is 2.48. The number of carbonyl (C=O) groups is 1. The first kappa shape index (κ1) is 9.97. The van der Waals surface area contributed by atoms with Crippen LogP contribution >= 0.6 is 0 Å². The summed E-state index contributed by atoms with van der Waals surface area (Å²) < 4.78 is 0. The third-order valence-corrected chi connectivity index (χ3v) is 3.65. The molecule has 3 unspecified atom stereocenters. The molecule has 1 N–H and O–H groups in total. The molecule has 2 rings (SSSR count). The predicted octanol–water partition coefficient (Wildman–Crippen LogP) is 1.58. The first-order valence-electron chi connectivity index (χ1n) is 5.65. The maximum Gasteiger partial charge on any atom is 0.306 e. The Morgan fingerprint density at radius 2 is 2.29 bits per heavy atom. The van der Waals surface area contributed by atoms with Gasteiger partial charge in [0.1, 0.15) is 0 Å². The van der Waals surface area contributed by atoms with Crippen LogP contribution in [0, 0.1) is 11.8 Å². The minimum absolute atomic E-state index is 0.0378. The number of hydrogen-bond acceptors (Lipinski definition) is 2. The molecule has 1 aliphatic carbocycles. The average molecular weight is 197 g/mol. The van der Waals surface area contributed by atoms with Gasteiger partial charge in [0.2, 0.25) is 0 Å². The Hall–Kier alpha value is -0.570. The summed E-state index contributed by atoms with van der Waals surface area (Å²) in [6.07, 6.45) is 4.81. The number of nitrogens with zero attached hydrogens (tertiary/aromatic N) is 1.